The average molecular weight is 263 g/mol. The predicted octanol–water partition coefficient (Wildman–Crippen LogP) is 4.13. The molecule has 2 unspecified atom stereocenters. The lowest BCUT2D eigenvalue weighted by molar-refractivity contribution is -0.136. The fraction of sp³-hybridized carbons (Fsp3) is 1.00. The van der Waals surface area contributed by atoms with Crippen LogP contribution in [0, 0.1) is 16.7 Å². The molecule has 0 saturated heterocycles. The molecule has 2 rings (SSSR count). The highest BCUT2D eigenvalue weighted by Crippen LogP contribution is 2.70. The topological polar surface area (TPSA) is 12.0 Å². The van der Waals surface area contributed by atoms with Gasteiger partial charge in [0.25, 0.3) is 0 Å². The Morgan fingerprint density at radius 3 is 2.28 bits per heavy atom. The Morgan fingerprint density at radius 1 is 1.17 bits per heavy atom. The van der Waals surface area contributed by atoms with Gasteiger partial charge in [0.05, 0.1) is 0 Å². The van der Waals surface area contributed by atoms with Gasteiger partial charge < -0.3 is 5.32 Å². The van der Waals surface area contributed by atoms with Crippen molar-refractivity contribution in [1.82, 2.24) is 5.32 Å². The number of hydrogen-bond acceptors (Lipinski definition) is 1. The highest BCUT2D eigenvalue weighted by atomic mass is 19.4. The van der Waals surface area contributed by atoms with Crippen LogP contribution in [0.15, 0.2) is 0 Å². The van der Waals surface area contributed by atoms with Crippen molar-refractivity contribution in [3.63, 3.8) is 0 Å². The van der Waals surface area contributed by atoms with Gasteiger partial charge in [-0.15, -0.1) is 0 Å². The second-order valence-electron chi connectivity index (χ2n) is 6.84. The Balaban J connectivity index is 1.78. The normalized spacial score (nSPS) is 34.7. The van der Waals surface area contributed by atoms with E-state index >= 15 is 0 Å². The summed E-state index contributed by atoms with van der Waals surface area (Å²) in [7, 11) is 0. The molecule has 2 atom stereocenters. The summed E-state index contributed by atoms with van der Waals surface area (Å²) in [5.74, 6) is 0.527. The van der Waals surface area contributed by atoms with Gasteiger partial charge in [-0.25, -0.2) is 0 Å². The Kier molecular flexibility index (Phi) is 3.46. The van der Waals surface area contributed by atoms with Crippen LogP contribution in [-0.2, 0) is 0 Å². The Morgan fingerprint density at radius 2 is 1.78 bits per heavy atom. The Labute approximate surface area is 108 Å². The van der Waals surface area contributed by atoms with Gasteiger partial charge in [0, 0.05) is 12.5 Å². The molecule has 0 aliphatic heterocycles. The first-order valence-electron chi connectivity index (χ1n) is 6.97. The van der Waals surface area contributed by atoms with Gasteiger partial charge >= 0.3 is 6.18 Å². The van der Waals surface area contributed by atoms with Crippen molar-refractivity contribution in [3.8, 4) is 0 Å². The largest absolute Gasteiger partial charge is 0.389 e. The molecule has 1 N–H and O–H groups in total. The summed E-state index contributed by atoms with van der Waals surface area (Å²) in [4.78, 5) is 0. The van der Waals surface area contributed by atoms with Crippen LogP contribution in [0.5, 0.6) is 0 Å². The molecule has 2 saturated carbocycles. The first kappa shape index (κ1) is 14.2. The molecule has 0 radical (unpaired) electrons. The highest BCUT2D eigenvalue weighted by molar-refractivity contribution is 5.15. The number of rotatable bonds is 6. The fourth-order valence-corrected chi connectivity index (χ4v) is 3.40. The summed E-state index contributed by atoms with van der Waals surface area (Å²) in [5.41, 5.74) is 0.265. The van der Waals surface area contributed by atoms with Gasteiger partial charge in [0.15, 0.2) is 0 Å². The third-order valence-electron chi connectivity index (χ3n) is 5.37. The monoisotopic (exact) mass is 263 g/mol. The summed E-state index contributed by atoms with van der Waals surface area (Å²) in [6.45, 7) is 7.52. The van der Waals surface area contributed by atoms with E-state index in [1.165, 1.54) is 12.8 Å². The smallest absolute Gasteiger partial charge is 0.314 e. The van der Waals surface area contributed by atoms with E-state index in [4.69, 9.17) is 0 Å². The van der Waals surface area contributed by atoms with Gasteiger partial charge in [-0.2, -0.15) is 13.2 Å². The van der Waals surface area contributed by atoms with E-state index in [1.54, 1.807) is 0 Å². The van der Waals surface area contributed by atoms with Crippen molar-refractivity contribution in [1.29, 1.82) is 0 Å². The van der Waals surface area contributed by atoms with Crippen LogP contribution in [0.4, 0.5) is 13.2 Å². The fourth-order valence-electron chi connectivity index (χ4n) is 3.40. The van der Waals surface area contributed by atoms with E-state index in [0.29, 0.717) is 18.4 Å². The van der Waals surface area contributed by atoms with Crippen LogP contribution in [0.3, 0.4) is 0 Å². The second-order valence-corrected chi connectivity index (χ2v) is 6.84. The van der Waals surface area contributed by atoms with Gasteiger partial charge in [0.1, 0.15) is 0 Å². The van der Waals surface area contributed by atoms with Crippen LogP contribution in [0.25, 0.3) is 0 Å². The lowest BCUT2D eigenvalue weighted by Gasteiger charge is -2.15. The van der Waals surface area contributed by atoms with Crippen molar-refractivity contribution in [2.24, 2.45) is 16.7 Å². The molecule has 0 amide bonds. The standard InChI is InChI=1S/C14H24F3N/c1-12(2)11(9-18-10-5-6-10)13(12,3)7-4-8-14(15,16)17/h10-11,18H,4-9H2,1-3H3. The second kappa shape index (κ2) is 4.39. The maximum atomic E-state index is 12.2. The summed E-state index contributed by atoms with van der Waals surface area (Å²) < 4.78 is 36.6. The molecule has 2 aliphatic rings. The SMILES string of the molecule is CC1(C)C(CNC2CC2)C1(C)CCCC(F)(F)F. The zero-order valence-corrected chi connectivity index (χ0v) is 11.5. The molecular formula is C14H24F3N. The quantitative estimate of drug-likeness (QED) is 0.759. The molecule has 4 heteroatoms. The molecule has 0 aromatic rings. The molecule has 0 aromatic heterocycles. The number of halogens is 3. The van der Waals surface area contributed by atoms with Crippen LogP contribution < -0.4 is 5.32 Å². The van der Waals surface area contributed by atoms with E-state index < -0.39 is 12.6 Å². The van der Waals surface area contributed by atoms with E-state index in [-0.39, 0.29) is 17.3 Å². The zero-order chi connectivity index (χ0) is 13.6. The predicted molar refractivity (Wildman–Crippen MR) is 66.3 cm³/mol. The Hall–Kier alpha value is -0.250. The third kappa shape index (κ3) is 2.84. The van der Waals surface area contributed by atoms with Gasteiger partial charge in [-0.3, -0.25) is 0 Å². The van der Waals surface area contributed by atoms with E-state index in [0.717, 1.165) is 6.54 Å². The maximum absolute atomic E-state index is 12.2. The van der Waals surface area contributed by atoms with Crippen LogP contribution >= 0.6 is 0 Å². The molecule has 0 aromatic carbocycles. The number of alkyl halides is 3. The molecule has 0 spiro atoms. The number of hydrogen-bond donors (Lipinski definition) is 1. The van der Waals surface area contributed by atoms with E-state index in [1.807, 2.05) is 0 Å². The van der Waals surface area contributed by atoms with Crippen molar-refractivity contribution < 1.29 is 13.2 Å². The van der Waals surface area contributed by atoms with Crippen LogP contribution in [0.1, 0.15) is 52.9 Å². The molecule has 2 fully saturated rings. The van der Waals surface area contributed by atoms with Crippen molar-refractivity contribution >= 4 is 0 Å². The first-order valence-corrected chi connectivity index (χ1v) is 6.97. The summed E-state index contributed by atoms with van der Waals surface area (Å²) in [5, 5.41) is 3.51. The minimum Gasteiger partial charge on any atom is -0.314 e. The van der Waals surface area contributed by atoms with Gasteiger partial charge in [-0.05, 0) is 49.0 Å². The van der Waals surface area contributed by atoms with Gasteiger partial charge in [-0.1, -0.05) is 20.8 Å². The lowest BCUT2D eigenvalue weighted by Crippen LogP contribution is -2.21. The molecule has 18 heavy (non-hydrogen) atoms. The molecule has 106 valence electrons. The molecule has 2 aliphatic carbocycles. The molecule has 1 nitrogen and oxygen atoms in total. The zero-order valence-electron chi connectivity index (χ0n) is 11.5. The first-order chi connectivity index (χ1) is 8.17. The van der Waals surface area contributed by atoms with Crippen LogP contribution in [0.2, 0.25) is 0 Å². The summed E-state index contributed by atoms with van der Waals surface area (Å²) in [6.07, 6.45) is -1.16. The van der Waals surface area contributed by atoms with E-state index in [9.17, 15) is 13.2 Å². The highest BCUT2D eigenvalue weighted by Gasteiger charge is 2.66. The van der Waals surface area contributed by atoms with E-state index in [2.05, 4.69) is 26.1 Å². The van der Waals surface area contributed by atoms with Crippen molar-refractivity contribution in [2.75, 3.05) is 6.54 Å². The van der Waals surface area contributed by atoms with Crippen molar-refractivity contribution in [2.45, 2.75) is 65.1 Å². The minimum atomic E-state index is -4.00. The van der Waals surface area contributed by atoms with Crippen molar-refractivity contribution in [3.05, 3.63) is 0 Å². The molecule has 0 bridgehead atoms. The maximum Gasteiger partial charge on any atom is 0.389 e. The average Bonchev–Trinajstić information content (AvgIpc) is 3.05. The minimum absolute atomic E-state index is 0.0835. The number of nitrogens with one attached hydrogen (secondary N) is 1. The van der Waals surface area contributed by atoms with Gasteiger partial charge in [0.2, 0.25) is 0 Å². The Bertz CT molecular complexity index is 307. The summed E-state index contributed by atoms with van der Waals surface area (Å²) >= 11 is 0. The summed E-state index contributed by atoms with van der Waals surface area (Å²) in [6, 6.07) is 0.681. The third-order valence-corrected chi connectivity index (χ3v) is 5.37. The molecular weight excluding hydrogens is 239 g/mol. The molecule has 0 heterocycles. The lowest BCUT2D eigenvalue weighted by atomic mass is 9.92. The van der Waals surface area contributed by atoms with Crippen LogP contribution in [-0.4, -0.2) is 18.8 Å².